The minimum absolute atomic E-state index is 0.00285. The third kappa shape index (κ3) is 4.54. The Hall–Kier alpha value is -1.67. The first-order valence-corrected chi connectivity index (χ1v) is 10.5. The number of nitrogens with zero attached hydrogens (tertiary/aromatic N) is 3. The van der Waals surface area contributed by atoms with Crippen molar-refractivity contribution in [2.45, 2.75) is 51.2 Å². The summed E-state index contributed by atoms with van der Waals surface area (Å²) in [6.07, 6.45) is 2.36. The summed E-state index contributed by atoms with van der Waals surface area (Å²) in [5.74, 6) is 1.98. The smallest absolute Gasteiger partial charge is 0.225 e. The predicted molar refractivity (Wildman–Crippen MR) is 104 cm³/mol. The standard InChI is InChI=1S/C18H24N4O2S2/c1-18(2,3)16(24)19-9-12-7-8-14(26-12)13(23)10-25-17-21-20-15(22(17)4)11-5-6-11/h7-8,11H,5-6,9-10H2,1-4H3,(H,19,24). The zero-order chi connectivity index (χ0) is 18.9. The summed E-state index contributed by atoms with van der Waals surface area (Å²) in [5, 5.41) is 12.1. The van der Waals surface area contributed by atoms with Gasteiger partial charge in [-0.1, -0.05) is 32.5 Å². The lowest BCUT2D eigenvalue weighted by molar-refractivity contribution is -0.128. The zero-order valence-electron chi connectivity index (χ0n) is 15.5. The SMILES string of the molecule is Cn1c(SCC(=O)c2ccc(CNC(=O)C(C)(C)C)s2)nnc1C1CC1. The van der Waals surface area contributed by atoms with Crippen molar-refractivity contribution >= 4 is 34.8 Å². The van der Waals surface area contributed by atoms with Gasteiger partial charge in [-0.25, -0.2) is 0 Å². The van der Waals surface area contributed by atoms with Crippen molar-refractivity contribution < 1.29 is 9.59 Å². The number of aromatic nitrogens is 3. The summed E-state index contributed by atoms with van der Waals surface area (Å²) in [4.78, 5) is 26.1. The third-order valence-corrected chi connectivity index (χ3v) is 6.33. The lowest BCUT2D eigenvalue weighted by atomic mass is 9.96. The van der Waals surface area contributed by atoms with E-state index in [0.29, 0.717) is 23.1 Å². The molecule has 0 unspecified atom stereocenters. The van der Waals surface area contributed by atoms with Gasteiger partial charge in [0.05, 0.1) is 17.2 Å². The van der Waals surface area contributed by atoms with Gasteiger partial charge in [0, 0.05) is 23.3 Å². The second kappa shape index (κ2) is 7.52. The molecule has 0 radical (unpaired) electrons. The topological polar surface area (TPSA) is 76.9 Å². The van der Waals surface area contributed by atoms with E-state index >= 15 is 0 Å². The molecule has 0 atom stereocenters. The Kier molecular flexibility index (Phi) is 5.53. The number of nitrogens with one attached hydrogen (secondary N) is 1. The molecule has 2 heterocycles. The molecule has 1 fully saturated rings. The van der Waals surface area contributed by atoms with Crippen molar-refractivity contribution in [3.8, 4) is 0 Å². The van der Waals surface area contributed by atoms with Gasteiger partial charge in [0.2, 0.25) is 5.91 Å². The number of rotatable bonds is 7. The third-order valence-electron chi connectivity index (χ3n) is 4.18. The van der Waals surface area contributed by atoms with Crippen molar-refractivity contribution in [2.24, 2.45) is 12.5 Å². The molecule has 1 saturated carbocycles. The van der Waals surface area contributed by atoms with Crippen molar-refractivity contribution in [1.82, 2.24) is 20.1 Å². The minimum Gasteiger partial charge on any atom is -0.351 e. The summed E-state index contributed by atoms with van der Waals surface area (Å²) >= 11 is 2.86. The molecule has 2 aromatic heterocycles. The summed E-state index contributed by atoms with van der Waals surface area (Å²) in [6.45, 7) is 6.09. The molecule has 0 saturated heterocycles. The molecular weight excluding hydrogens is 368 g/mol. The molecular formula is C18H24N4O2S2. The predicted octanol–water partition coefficient (Wildman–Crippen LogP) is 3.39. The molecule has 0 aliphatic heterocycles. The first-order chi connectivity index (χ1) is 12.3. The maximum atomic E-state index is 12.4. The van der Waals surface area contributed by atoms with Crippen LogP contribution in [0, 0.1) is 5.41 Å². The maximum Gasteiger partial charge on any atom is 0.225 e. The maximum absolute atomic E-state index is 12.4. The number of ketones is 1. The molecule has 3 rings (SSSR count). The highest BCUT2D eigenvalue weighted by Gasteiger charge is 2.29. The molecule has 1 aliphatic carbocycles. The van der Waals surface area contributed by atoms with E-state index in [4.69, 9.17) is 0 Å². The van der Waals surface area contributed by atoms with Crippen LogP contribution in [0.25, 0.3) is 0 Å². The molecule has 140 valence electrons. The van der Waals surface area contributed by atoms with E-state index in [2.05, 4.69) is 15.5 Å². The Balaban J connectivity index is 1.52. The Morgan fingerprint density at radius 3 is 2.69 bits per heavy atom. The van der Waals surface area contributed by atoms with Crippen molar-refractivity contribution in [3.05, 3.63) is 27.7 Å². The van der Waals surface area contributed by atoms with Gasteiger partial charge in [-0.3, -0.25) is 9.59 Å². The summed E-state index contributed by atoms with van der Waals surface area (Å²) in [5.41, 5.74) is -0.415. The quantitative estimate of drug-likeness (QED) is 0.577. The van der Waals surface area contributed by atoms with Crippen LogP contribution in [-0.4, -0.2) is 32.2 Å². The number of thioether (sulfide) groups is 1. The number of thiophene rings is 1. The zero-order valence-corrected chi connectivity index (χ0v) is 17.2. The van der Waals surface area contributed by atoms with Gasteiger partial charge >= 0.3 is 0 Å². The Bertz CT molecular complexity index is 816. The normalized spacial score (nSPS) is 14.5. The van der Waals surface area contributed by atoms with Crippen molar-refractivity contribution in [2.75, 3.05) is 5.75 Å². The number of carbonyl (C=O) groups excluding carboxylic acids is 2. The lowest BCUT2D eigenvalue weighted by Gasteiger charge is -2.17. The Morgan fingerprint density at radius 2 is 2.04 bits per heavy atom. The molecule has 2 aromatic rings. The average molecular weight is 393 g/mol. The van der Waals surface area contributed by atoms with E-state index in [0.717, 1.165) is 15.9 Å². The van der Waals surface area contributed by atoms with Gasteiger partial charge in [-0.2, -0.15) is 0 Å². The van der Waals surface area contributed by atoms with Gasteiger partial charge < -0.3 is 9.88 Å². The highest BCUT2D eigenvalue weighted by molar-refractivity contribution is 7.99. The average Bonchev–Trinajstić information content (AvgIpc) is 3.19. The minimum atomic E-state index is -0.415. The fraction of sp³-hybridized carbons (Fsp3) is 0.556. The molecule has 8 heteroatoms. The molecule has 1 aliphatic rings. The number of carbonyl (C=O) groups is 2. The van der Waals surface area contributed by atoms with Crippen LogP contribution in [0.2, 0.25) is 0 Å². The fourth-order valence-corrected chi connectivity index (χ4v) is 4.18. The molecule has 1 amide bonds. The highest BCUT2D eigenvalue weighted by atomic mass is 32.2. The van der Waals surface area contributed by atoms with Crippen LogP contribution in [0.4, 0.5) is 0 Å². The second-order valence-electron chi connectivity index (χ2n) is 7.58. The van der Waals surface area contributed by atoms with E-state index in [-0.39, 0.29) is 11.7 Å². The molecule has 6 nitrogen and oxygen atoms in total. The second-order valence-corrected chi connectivity index (χ2v) is 9.70. The first-order valence-electron chi connectivity index (χ1n) is 8.68. The fourth-order valence-electron chi connectivity index (χ4n) is 2.41. The Labute approximate surface area is 161 Å². The van der Waals surface area contributed by atoms with Crippen LogP contribution in [-0.2, 0) is 18.4 Å². The van der Waals surface area contributed by atoms with E-state index in [1.54, 1.807) is 0 Å². The van der Waals surface area contributed by atoms with Crippen LogP contribution in [0.3, 0.4) is 0 Å². The van der Waals surface area contributed by atoms with Crippen LogP contribution in [0.1, 0.15) is 59.9 Å². The number of amides is 1. The number of Topliss-reactive ketones (excluding diaryl/α,β-unsaturated/α-hetero) is 1. The Morgan fingerprint density at radius 1 is 1.31 bits per heavy atom. The van der Waals surface area contributed by atoms with Gasteiger partial charge in [0.1, 0.15) is 5.82 Å². The van der Waals surface area contributed by atoms with Crippen LogP contribution < -0.4 is 5.32 Å². The van der Waals surface area contributed by atoms with E-state index < -0.39 is 5.41 Å². The number of hydrogen-bond donors (Lipinski definition) is 1. The summed E-state index contributed by atoms with van der Waals surface area (Å²) in [7, 11) is 1.96. The van der Waals surface area contributed by atoms with Gasteiger partial charge in [0.25, 0.3) is 0 Å². The molecule has 0 spiro atoms. The van der Waals surface area contributed by atoms with Crippen LogP contribution >= 0.6 is 23.1 Å². The lowest BCUT2D eigenvalue weighted by Crippen LogP contribution is -2.34. The molecule has 0 aromatic carbocycles. The largest absolute Gasteiger partial charge is 0.351 e. The van der Waals surface area contributed by atoms with Crippen molar-refractivity contribution in [1.29, 1.82) is 0 Å². The molecule has 0 bridgehead atoms. The van der Waals surface area contributed by atoms with Gasteiger partial charge in [-0.05, 0) is 25.0 Å². The van der Waals surface area contributed by atoms with E-state index in [9.17, 15) is 9.59 Å². The molecule has 26 heavy (non-hydrogen) atoms. The first kappa shape index (κ1) is 19.1. The summed E-state index contributed by atoms with van der Waals surface area (Å²) in [6, 6.07) is 3.73. The summed E-state index contributed by atoms with van der Waals surface area (Å²) < 4.78 is 2.00. The van der Waals surface area contributed by atoms with Crippen molar-refractivity contribution in [3.63, 3.8) is 0 Å². The van der Waals surface area contributed by atoms with E-state index in [1.165, 1.54) is 35.9 Å². The van der Waals surface area contributed by atoms with Crippen LogP contribution in [0.5, 0.6) is 0 Å². The monoisotopic (exact) mass is 392 g/mol. The van der Waals surface area contributed by atoms with Crippen LogP contribution in [0.15, 0.2) is 17.3 Å². The highest BCUT2D eigenvalue weighted by Crippen LogP contribution is 2.39. The van der Waals surface area contributed by atoms with E-state index in [1.807, 2.05) is 44.5 Å². The van der Waals surface area contributed by atoms with Gasteiger partial charge in [0.15, 0.2) is 10.9 Å². The number of hydrogen-bond acceptors (Lipinski definition) is 6. The van der Waals surface area contributed by atoms with Gasteiger partial charge in [-0.15, -0.1) is 21.5 Å². The molecule has 1 N–H and O–H groups in total.